The molecule has 122 valence electrons. The van der Waals surface area contributed by atoms with E-state index in [2.05, 4.69) is 31.2 Å². The van der Waals surface area contributed by atoms with Gasteiger partial charge in [0.05, 0.1) is 35.6 Å². The van der Waals surface area contributed by atoms with Gasteiger partial charge < -0.3 is 9.64 Å². The van der Waals surface area contributed by atoms with Crippen LogP contribution in [0.1, 0.15) is 11.7 Å². The normalized spacial score (nSPS) is 13.9. The molecule has 1 unspecified atom stereocenters. The molecule has 0 radical (unpaired) electrons. The fraction of sp³-hybridized carbons (Fsp3) is 0.727. The van der Waals surface area contributed by atoms with Gasteiger partial charge in [0.25, 0.3) is 0 Å². The van der Waals surface area contributed by atoms with Crippen molar-refractivity contribution in [2.45, 2.75) is 18.8 Å². The number of hydrazine groups is 1. The molecular formula is C11H19BrF3N5O. The summed E-state index contributed by atoms with van der Waals surface area (Å²) in [6.45, 7) is -0.190. The molecule has 3 N–H and O–H groups in total. The van der Waals surface area contributed by atoms with Crippen molar-refractivity contribution in [3.05, 3.63) is 16.4 Å². The molecular weight excluding hydrogens is 355 g/mol. The van der Waals surface area contributed by atoms with Crippen LogP contribution in [0.4, 0.5) is 13.2 Å². The van der Waals surface area contributed by atoms with E-state index in [4.69, 9.17) is 5.84 Å². The highest BCUT2D eigenvalue weighted by Crippen LogP contribution is 2.24. The molecule has 21 heavy (non-hydrogen) atoms. The number of rotatable bonds is 8. The monoisotopic (exact) mass is 373 g/mol. The van der Waals surface area contributed by atoms with E-state index in [0.29, 0.717) is 16.7 Å². The maximum atomic E-state index is 12.1. The van der Waals surface area contributed by atoms with Gasteiger partial charge in [-0.1, -0.05) is 0 Å². The molecule has 0 bridgehead atoms. The summed E-state index contributed by atoms with van der Waals surface area (Å²) >= 11 is 3.33. The van der Waals surface area contributed by atoms with Gasteiger partial charge in [0, 0.05) is 6.54 Å². The van der Waals surface area contributed by atoms with E-state index in [1.54, 1.807) is 10.9 Å². The van der Waals surface area contributed by atoms with Crippen molar-refractivity contribution < 1.29 is 17.9 Å². The number of nitrogens with two attached hydrogens (primary N) is 1. The molecule has 1 atom stereocenters. The van der Waals surface area contributed by atoms with Gasteiger partial charge in [0.1, 0.15) is 6.61 Å². The van der Waals surface area contributed by atoms with Gasteiger partial charge >= 0.3 is 6.18 Å². The lowest BCUT2D eigenvalue weighted by atomic mass is 10.2. The summed E-state index contributed by atoms with van der Waals surface area (Å²) in [4.78, 5) is 1.98. The lowest BCUT2D eigenvalue weighted by Gasteiger charge is -2.20. The summed E-state index contributed by atoms with van der Waals surface area (Å²) in [5, 5.41) is 4.18. The third-order valence-corrected chi connectivity index (χ3v) is 3.28. The zero-order valence-corrected chi connectivity index (χ0v) is 13.4. The molecule has 6 nitrogen and oxygen atoms in total. The molecule has 1 rings (SSSR count). The average molecular weight is 374 g/mol. The predicted molar refractivity (Wildman–Crippen MR) is 75.4 cm³/mol. The second-order valence-corrected chi connectivity index (χ2v) is 5.61. The topological polar surface area (TPSA) is 68.3 Å². The van der Waals surface area contributed by atoms with E-state index in [-0.39, 0.29) is 6.61 Å². The number of hydrogen-bond donors (Lipinski definition) is 2. The van der Waals surface area contributed by atoms with Gasteiger partial charge in [0.15, 0.2) is 0 Å². The van der Waals surface area contributed by atoms with Gasteiger partial charge in [-0.15, -0.1) is 0 Å². The summed E-state index contributed by atoms with van der Waals surface area (Å²) in [6.07, 6.45) is -2.78. The number of nitrogens with zero attached hydrogens (tertiary/aromatic N) is 3. The zero-order valence-electron chi connectivity index (χ0n) is 11.8. The minimum atomic E-state index is -4.36. The lowest BCUT2D eigenvalue weighted by molar-refractivity contribution is -0.175. The SMILES string of the molecule is CN(C)CCn1ncc(Br)c1C(COCC(F)(F)F)NN. The van der Waals surface area contributed by atoms with Crippen molar-refractivity contribution in [3.8, 4) is 0 Å². The van der Waals surface area contributed by atoms with Gasteiger partial charge in [-0.3, -0.25) is 10.5 Å². The van der Waals surface area contributed by atoms with Gasteiger partial charge in [0.2, 0.25) is 0 Å². The third-order valence-electron chi connectivity index (χ3n) is 2.67. The fourth-order valence-corrected chi connectivity index (χ4v) is 2.26. The minimum absolute atomic E-state index is 0.206. The van der Waals surface area contributed by atoms with Crippen LogP contribution in [-0.2, 0) is 11.3 Å². The number of nitrogens with one attached hydrogen (secondary N) is 1. The molecule has 0 saturated carbocycles. The summed E-state index contributed by atoms with van der Waals surface area (Å²) in [7, 11) is 3.84. The summed E-state index contributed by atoms with van der Waals surface area (Å²) in [5.74, 6) is 5.42. The number of hydrogen-bond acceptors (Lipinski definition) is 5. The van der Waals surface area contributed by atoms with Crippen molar-refractivity contribution in [2.75, 3.05) is 33.9 Å². The molecule has 0 aliphatic heterocycles. The van der Waals surface area contributed by atoms with E-state index in [9.17, 15) is 13.2 Å². The second kappa shape index (κ2) is 8.08. The fourth-order valence-electron chi connectivity index (χ4n) is 1.69. The first kappa shape index (κ1) is 18.4. The van der Waals surface area contributed by atoms with Crippen molar-refractivity contribution >= 4 is 15.9 Å². The number of alkyl halides is 3. The molecule has 0 amide bonds. The Hall–Kier alpha value is -0.680. The summed E-state index contributed by atoms with van der Waals surface area (Å²) in [5.41, 5.74) is 3.12. The Kier molecular flexibility index (Phi) is 7.07. The van der Waals surface area contributed by atoms with Crippen LogP contribution in [0.2, 0.25) is 0 Å². The first-order chi connectivity index (χ1) is 9.74. The van der Waals surface area contributed by atoms with Crippen molar-refractivity contribution in [1.82, 2.24) is 20.1 Å². The molecule has 0 aliphatic rings. The maximum absolute atomic E-state index is 12.1. The first-order valence-corrected chi connectivity index (χ1v) is 7.00. The van der Waals surface area contributed by atoms with E-state index in [1.807, 2.05) is 19.0 Å². The number of ether oxygens (including phenoxy) is 1. The Morgan fingerprint density at radius 3 is 2.71 bits per heavy atom. The van der Waals surface area contributed by atoms with Gasteiger partial charge in [-0.05, 0) is 30.0 Å². The summed E-state index contributed by atoms with van der Waals surface area (Å²) in [6, 6.07) is -0.591. The largest absolute Gasteiger partial charge is 0.411 e. The molecule has 0 saturated heterocycles. The van der Waals surface area contributed by atoms with Crippen LogP contribution < -0.4 is 11.3 Å². The smallest absolute Gasteiger partial charge is 0.370 e. The third kappa shape index (κ3) is 6.30. The van der Waals surface area contributed by atoms with Crippen LogP contribution >= 0.6 is 15.9 Å². The predicted octanol–water partition coefficient (Wildman–Crippen LogP) is 1.29. The van der Waals surface area contributed by atoms with Crippen LogP contribution in [0.15, 0.2) is 10.7 Å². The van der Waals surface area contributed by atoms with E-state index in [1.165, 1.54) is 0 Å². The van der Waals surface area contributed by atoms with Crippen molar-refractivity contribution in [1.29, 1.82) is 0 Å². The highest BCUT2D eigenvalue weighted by molar-refractivity contribution is 9.10. The molecule has 0 spiro atoms. The molecule has 0 fully saturated rings. The molecule has 1 aromatic heterocycles. The standard InChI is InChI=1S/C11H19BrF3N5O/c1-19(2)3-4-20-10(8(12)5-17-20)9(18-16)6-21-7-11(13,14)15/h5,9,18H,3-4,6-7,16H2,1-2H3. The van der Waals surface area contributed by atoms with E-state index >= 15 is 0 Å². The second-order valence-electron chi connectivity index (χ2n) is 4.75. The van der Waals surface area contributed by atoms with Crippen LogP contribution in [0.3, 0.4) is 0 Å². The van der Waals surface area contributed by atoms with Gasteiger partial charge in [-0.2, -0.15) is 18.3 Å². The Morgan fingerprint density at radius 1 is 1.52 bits per heavy atom. The number of halogens is 4. The first-order valence-electron chi connectivity index (χ1n) is 6.21. The quantitative estimate of drug-likeness (QED) is 0.530. The Morgan fingerprint density at radius 2 is 2.19 bits per heavy atom. The van der Waals surface area contributed by atoms with Crippen molar-refractivity contribution in [2.24, 2.45) is 5.84 Å². The molecule has 1 aromatic rings. The molecule has 0 aliphatic carbocycles. The molecule has 10 heteroatoms. The Labute approximate surface area is 129 Å². The van der Waals surface area contributed by atoms with E-state index in [0.717, 1.165) is 6.54 Å². The van der Waals surface area contributed by atoms with Crippen LogP contribution in [0.5, 0.6) is 0 Å². The Balaban J connectivity index is 2.72. The van der Waals surface area contributed by atoms with Crippen LogP contribution in [0, 0.1) is 0 Å². The van der Waals surface area contributed by atoms with Gasteiger partial charge in [-0.25, -0.2) is 5.43 Å². The summed E-state index contributed by atoms with van der Waals surface area (Å²) < 4.78 is 43.4. The van der Waals surface area contributed by atoms with Crippen molar-refractivity contribution in [3.63, 3.8) is 0 Å². The average Bonchev–Trinajstić information content (AvgIpc) is 2.72. The number of aromatic nitrogens is 2. The highest BCUT2D eigenvalue weighted by Gasteiger charge is 2.28. The highest BCUT2D eigenvalue weighted by atomic mass is 79.9. The maximum Gasteiger partial charge on any atom is 0.411 e. The number of likely N-dealkylation sites (N-methyl/N-ethyl adjacent to an activating group) is 1. The van der Waals surface area contributed by atoms with E-state index < -0.39 is 18.8 Å². The molecule has 0 aromatic carbocycles. The minimum Gasteiger partial charge on any atom is -0.370 e. The Bertz CT molecular complexity index is 438. The zero-order chi connectivity index (χ0) is 16.0. The molecule has 1 heterocycles. The van der Waals surface area contributed by atoms with Crippen LogP contribution in [0.25, 0.3) is 0 Å². The van der Waals surface area contributed by atoms with Crippen LogP contribution in [-0.4, -0.2) is 54.7 Å². The lowest BCUT2D eigenvalue weighted by Crippen LogP contribution is -2.35.